The first-order valence-electron chi connectivity index (χ1n) is 8.27. The van der Waals surface area contributed by atoms with Crippen LogP contribution in [0.25, 0.3) is 0 Å². The number of amides is 2. The SMILES string of the molecule is CC(O)CC(C)CNC(=O)NC(C)c1cccc(OC(C)C)c1. The fraction of sp³-hybridized carbons (Fsp3) is 0.611. The van der Waals surface area contributed by atoms with Crippen molar-refractivity contribution in [3.05, 3.63) is 29.8 Å². The lowest BCUT2D eigenvalue weighted by Gasteiger charge is -2.18. The molecule has 5 heteroatoms. The third kappa shape index (κ3) is 7.88. The van der Waals surface area contributed by atoms with Crippen LogP contribution in [0.3, 0.4) is 0 Å². The summed E-state index contributed by atoms with van der Waals surface area (Å²) in [6.45, 7) is 10.2. The Morgan fingerprint density at radius 1 is 1.22 bits per heavy atom. The van der Waals surface area contributed by atoms with Crippen LogP contribution in [0, 0.1) is 5.92 Å². The third-order valence-corrected chi connectivity index (χ3v) is 3.43. The molecule has 0 aromatic heterocycles. The molecule has 5 nitrogen and oxygen atoms in total. The van der Waals surface area contributed by atoms with E-state index in [9.17, 15) is 9.90 Å². The van der Waals surface area contributed by atoms with E-state index in [2.05, 4.69) is 10.6 Å². The summed E-state index contributed by atoms with van der Waals surface area (Å²) in [5.41, 5.74) is 0.996. The highest BCUT2D eigenvalue weighted by atomic mass is 16.5. The van der Waals surface area contributed by atoms with Crippen molar-refractivity contribution in [1.29, 1.82) is 0 Å². The van der Waals surface area contributed by atoms with Gasteiger partial charge in [-0.05, 0) is 57.7 Å². The van der Waals surface area contributed by atoms with E-state index < -0.39 is 0 Å². The van der Waals surface area contributed by atoms with Crippen LogP contribution in [0.4, 0.5) is 4.79 Å². The molecule has 0 saturated heterocycles. The van der Waals surface area contributed by atoms with Crippen molar-refractivity contribution in [3.8, 4) is 5.75 Å². The zero-order valence-corrected chi connectivity index (χ0v) is 14.8. The predicted octanol–water partition coefficient (Wildman–Crippen LogP) is 3.24. The van der Waals surface area contributed by atoms with Gasteiger partial charge in [0.15, 0.2) is 0 Å². The Morgan fingerprint density at radius 3 is 2.52 bits per heavy atom. The van der Waals surface area contributed by atoms with Gasteiger partial charge < -0.3 is 20.5 Å². The standard InChI is InChI=1S/C18H30N2O3/c1-12(2)23-17-8-6-7-16(10-17)15(5)20-18(22)19-11-13(3)9-14(4)21/h6-8,10,12-15,21H,9,11H2,1-5H3,(H2,19,20,22). The number of carbonyl (C=O) groups is 1. The molecule has 0 aliphatic heterocycles. The highest BCUT2D eigenvalue weighted by Crippen LogP contribution is 2.20. The number of aliphatic hydroxyl groups excluding tert-OH is 1. The molecular weight excluding hydrogens is 292 g/mol. The summed E-state index contributed by atoms with van der Waals surface area (Å²) in [4.78, 5) is 12.0. The first kappa shape index (κ1) is 19.3. The molecule has 0 bridgehead atoms. The maximum absolute atomic E-state index is 12.0. The van der Waals surface area contributed by atoms with Crippen LogP contribution < -0.4 is 15.4 Å². The van der Waals surface area contributed by atoms with E-state index in [0.29, 0.717) is 13.0 Å². The molecule has 0 aliphatic rings. The number of carbonyl (C=O) groups excluding carboxylic acids is 1. The zero-order valence-electron chi connectivity index (χ0n) is 14.8. The average Bonchev–Trinajstić information content (AvgIpc) is 2.44. The minimum atomic E-state index is -0.350. The summed E-state index contributed by atoms with van der Waals surface area (Å²) in [6.07, 6.45) is 0.439. The van der Waals surface area contributed by atoms with Gasteiger partial charge in [0, 0.05) is 6.54 Å². The van der Waals surface area contributed by atoms with E-state index in [1.165, 1.54) is 0 Å². The Balaban J connectivity index is 2.48. The monoisotopic (exact) mass is 322 g/mol. The van der Waals surface area contributed by atoms with Crippen molar-refractivity contribution in [2.45, 2.75) is 59.3 Å². The number of hydrogen-bond donors (Lipinski definition) is 3. The van der Waals surface area contributed by atoms with E-state index in [1.807, 2.05) is 52.0 Å². The van der Waals surface area contributed by atoms with Gasteiger partial charge in [-0.25, -0.2) is 4.79 Å². The number of rotatable bonds is 8. The Kier molecular flexibility index (Phi) is 7.89. The Bertz CT molecular complexity index is 489. The number of ether oxygens (including phenoxy) is 1. The maximum atomic E-state index is 12.0. The smallest absolute Gasteiger partial charge is 0.315 e. The van der Waals surface area contributed by atoms with Crippen molar-refractivity contribution < 1.29 is 14.6 Å². The lowest BCUT2D eigenvalue weighted by atomic mass is 10.1. The maximum Gasteiger partial charge on any atom is 0.315 e. The topological polar surface area (TPSA) is 70.6 Å². The predicted molar refractivity (Wildman–Crippen MR) is 92.6 cm³/mol. The van der Waals surface area contributed by atoms with Crippen molar-refractivity contribution >= 4 is 6.03 Å². The van der Waals surface area contributed by atoms with Crippen molar-refractivity contribution in [2.75, 3.05) is 6.54 Å². The van der Waals surface area contributed by atoms with E-state index in [-0.39, 0.29) is 30.2 Å². The van der Waals surface area contributed by atoms with Crippen LogP contribution >= 0.6 is 0 Å². The van der Waals surface area contributed by atoms with Gasteiger partial charge in [0.25, 0.3) is 0 Å². The molecule has 0 saturated carbocycles. The molecule has 0 spiro atoms. The van der Waals surface area contributed by atoms with Gasteiger partial charge in [-0.15, -0.1) is 0 Å². The number of hydrogen-bond acceptors (Lipinski definition) is 3. The number of urea groups is 1. The first-order chi connectivity index (χ1) is 10.8. The fourth-order valence-electron chi connectivity index (χ4n) is 2.39. The lowest BCUT2D eigenvalue weighted by Crippen LogP contribution is -2.39. The van der Waals surface area contributed by atoms with E-state index in [4.69, 9.17) is 4.74 Å². The zero-order chi connectivity index (χ0) is 17.4. The van der Waals surface area contributed by atoms with Crippen molar-refractivity contribution in [1.82, 2.24) is 10.6 Å². The van der Waals surface area contributed by atoms with Crippen LogP contribution in [0.1, 0.15) is 52.6 Å². The summed E-state index contributed by atoms with van der Waals surface area (Å²) in [5.74, 6) is 1.04. The highest BCUT2D eigenvalue weighted by molar-refractivity contribution is 5.74. The molecule has 0 fully saturated rings. The molecule has 0 aliphatic carbocycles. The van der Waals surface area contributed by atoms with Gasteiger partial charge in [-0.1, -0.05) is 19.1 Å². The van der Waals surface area contributed by atoms with E-state index in [0.717, 1.165) is 11.3 Å². The normalized spacial score (nSPS) is 14.9. The molecule has 3 atom stereocenters. The molecule has 1 aromatic rings. The van der Waals surface area contributed by atoms with E-state index >= 15 is 0 Å². The third-order valence-electron chi connectivity index (χ3n) is 3.43. The molecule has 0 heterocycles. The summed E-state index contributed by atoms with van der Waals surface area (Å²) >= 11 is 0. The quantitative estimate of drug-likeness (QED) is 0.688. The first-order valence-corrected chi connectivity index (χ1v) is 8.27. The van der Waals surface area contributed by atoms with Gasteiger partial charge in [0.05, 0.1) is 18.2 Å². The molecule has 2 amide bonds. The minimum Gasteiger partial charge on any atom is -0.491 e. The second kappa shape index (κ2) is 9.40. The van der Waals surface area contributed by atoms with Gasteiger partial charge >= 0.3 is 6.03 Å². The Morgan fingerprint density at radius 2 is 1.91 bits per heavy atom. The number of benzene rings is 1. The molecule has 3 N–H and O–H groups in total. The summed E-state index contributed by atoms with van der Waals surface area (Å²) in [7, 11) is 0. The van der Waals surface area contributed by atoms with Crippen LogP contribution in [0.15, 0.2) is 24.3 Å². The molecule has 1 rings (SSSR count). The molecule has 3 unspecified atom stereocenters. The molecule has 1 aromatic carbocycles. The van der Waals surface area contributed by atoms with Gasteiger partial charge in [-0.3, -0.25) is 0 Å². The number of nitrogens with one attached hydrogen (secondary N) is 2. The fourth-order valence-corrected chi connectivity index (χ4v) is 2.39. The van der Waals surface area contributed by atoms with Gasteiger partial charge in [0.2, 0.25) is 0 Å². The second-order valence-corrected chi connectivity index (χ2v) is 6.51. The summed E-state index contributed by atoms with van der Waals surface area (Å²) in [6, 6.07) is 7.43. The second-order valence-electron chi connectivity index (χ2n) is 6.51. The van der Waals surface area contributed by atoms with Crippen LogP contribution in [-0.2, 0) is 0 Å². The van der Waals surface area contributed by atoms with Crippen molar-refractivity contribution in [3.63, 3.8) is 0 Å². The van der Waals surface area contributed by atoms with E-state index in [1.54, 1.807) is 6.92 Å². The molecule has 0 radical (unpaired) electrons. The van der Waals surface area contributed by atoms with Gasteiger partial charge in [-0.2, -0.15) is 0 Å². The highest BCUT2D eigenvalue weighted by Gasteiger charge is 2.12. The van der Waals surface area contributed by atoms with Crippen LogP contribution in [0.2, 0.25) is 0 Å². The van der Waals surface area contributed by atoms with Crippen LogP contribution in [0.5, 0.6) is 5.75 Å². The van der Waals surface area contributed by atoms with Crippen molar-refractivity contribution in [2.24, 2.45) is 5.92 Å². The Hall–Kier alpha value is -1.75. The molecule has 23 heavy (non-hydrogen) atoms. The lowest BCUT2D eigenvalue weighted by molar-refractivity contribution is 0.163. The Labute approximate surface area is 139 Å². The minimum absolute atomic E-state index is 0.113. The van der Waals surface area contributed by atoms with Crippen LogP contribution in [-0.4, -0.2) is 29.9 Å². The molecular formula is C18H30N2O3. The molecule has 130 valence electrons. The number of aliphatic hydroxyl groups is 1. The summed E-state index contributed by atoms with van der Waals surface area (Å²) in [5, 5.41) is 15.1. The summed E-state index contributed by atoms with van der Waals surface area (Å²) < 4.78 is 5.67. The average molecular weight is 322 g/mol. The van der Waals surface area contributed by atoms with Gasteiger partial charge in [0.1, 0.15) is 5.75 Å². The largest absolute Gasteiger partial charge is 0.491 e.